The van der Waals surface area contributed by atoms with Crippen LogP contribution >= 0.6 is 0 Å². The van der Waals surface area contributed by atoms with E-state index in [9.17, 15) is 28.1 Å². The summed E-state index contributed by atoms with van der Waals surface area (Å²) < 4.78 is 49.1. The van der Waals surface area contributed by atoms with E-state index in [0.717, 1.165) is 6.07 Å². The van der Waals surface area contributed by atoms with Gasteiger partial charge in [-0.05, 0) is 49.4 Å². The van der Waals surface area contributed by atoms with Gasteiger partial charge in [0.2, 0.25) is 0 Å². The van der Waals surface area contributed by atoms with Crippen LogP contribution in [-0.4, -0.2) is 51.6 Å². The molecule has 0 bridgehead atoms. The number of hydrogen-bond donors (Lipinski definition) is 2. The van der Waals surface area contributed by atoms with Crippen molar-refractivity contribution in [2.75, 3.05) is 30.4 Å². The van der Waals surface area contributed by atoms with Crippen molar-refractivity contribution in [1.29, 1.82) is 0 Å². The molecular formula is C25H23N3O10S. The summed E-state index contributed by atoms with van der Waals surface area (Å²) in [5, 5.41) is 13.5. The summed E-state index contributed by atoms with van der Waals surface area (Å²) in [6.45, 7) is 2.01. The number of nitrogens with one attached hydrogen (secondary N) is 2. The quantitative estimate of drug-likeness (QED) is 0.226. The first kappa shape index (κ1) is 27.2. The van der Waals surface area contributed by atoms with E-state index in [2.05, 4.69) is 10.0 Å². The van der Waals surface area contributed by atoms with Crippen LogP contribution in [0.25, 0.3) is 0 Å². The van der Waals surface area contributed by atoms with Gasteiger partial charge in [-0.3, -0.25) is 19.6 Å². The molecule has 204 valence electrons. The fourth-order valence-electron chi connectivity index (χ4n) is 3.50. The van der Waals surface area contributed by atoms with Gasteiger partial charge in [0, 0.05) is 23.9 Å². The zero-order valence-corrected chi connectivity index (χ0v) is 21.5. The van der Waals surface area contributed by atoms with Crippen LogP contribution in [-0.2, 0) is 19.6 Å². The Morgan fingerprint density at radius 1 is 1.00 bits per heavy atom. The summed E-state index contributed by atoms with van der Waals surface area (Å²) in [7, 11) is -2.63. The molecule has 1 aliphatic rings. The predicted octanol–water partition coefficient (Wildman–Crippen LogP) is 3.36. The Kier molecular flexibility index (Phi) is 7.85. The molecule has 1 heterocycles. The number of esters is 1. The van der Waals surface area contributed by atoms with E-state index in [4.69, 9.17) is 18.9 Å². The van der Waals surface area contributed by atoms with Crippen molar-refractivity contribution < 1.29 is 41.9 Å². The number of amides is 1. The molecule has 0 spiro atoms. The van der Waals surface area contributed by atoms with E-state index >= 15 is 0 Å². The SMILES string of the molecule is COc1ccc([N+](=O)[O-])cc1NC(=O)C(C)OC(=O)c1ccc(NS(=O)(=O)c2ccc3c(c2)OCCO3)cc1. The van der Waals surface area contributed by atoms with Crippen LogP contribution in [0, 0.1) is 10.1 Å². The van der Waals surface area contributed by atoms with Crippen LogP contribution in [0.1, 0.15) is 17.3 Å². The van der Waals surface area contributed by atoms with Crippen LogP contribution in [0.15, 0.2) is 65.6 Å². The first-order valence-corrected chi connectivity index (χ1v) is 12.9. The number of nitro benzene ring substituents is 1. The van der Waals surface area contributed by atoms with Gasteiger partial charge >= 0.3 is 5.97 Å². The third-order valence-electron chi connectivity index (χ3n) is 5.50. The second-order valence-corrected chi connectivity index (χ2v) is 9.85. The number of hydrogen-bond acceptors (Lipinski definition) is 10. The molecule has 39 heavy (non-hydrogen) atoms. The highest BCUT2D eigenvalue weighted by Crippen LogP contribution is 2.33. The van der Waals surface area contributed by atoms with E-state index in [1.807, 2.05) is 0 Å². The standard InChI is InChI=1S/C25H23N3O10S/c1-15(24(29)26-20-13-18(28(31)32)7-9-21(20)35-2)38-25(30)16-3-5-17(6-4-16)27-39(33,34)19-8-10-22-23(14-19)37-12-11-36-22/h3-10,13-15,27H,11-12H2,1-2H3,(H,26,29). The lowest BCUT2D eigenvalue weighted by Gasteiger charge is -2.19. The van der Waals surface area contributed by atoms with Gasteiger partial charge in [-0.25, -0.2) is 13.2 Å². The van der Waals surface area contributed by atoms with Crippen molar-refractivity contribution >= 4 is 39.0 Å². The maximum atomic E-state index is 12.8. The number of anilines is 2. The molecular weight excluding hydrogens is 534 g/mol. The number of carbonyl (C=O) groups excluding carboxylic acids is 2. The van der Waals surface area contributed by atoms with Crippen LogP contribution in [0.5, 0.6) is 17.2 Å². The zero-order valence-electron chi connectivity index (χ0n) is 20.7. The van der Waals surface area contributed by atoms with E-state index < -0.39 is 32.9 Å². The molecule has 14 heteroatoms. The molecule has 3 aromatic rings. The minimum Gasteiger partial charge on any atom is -0.495 e. The number of ether oxygens (including phenoxy) is 4. The van der Waals surface area contributed by atoms with Gasteiger partial charge in [0.25, 0.3) is 21.6 Å². The molecule has 4 rings (SSSR count). The van der Waals surface area contributed by atoms with Gasteiger partial charge < -0.3 is 24.3 Å². The predicted molar refractivity (Wildman–Crippen MR) is 138 cm³/mol. The zero-order chi connectivity index (χ0) is 28.2. The highest BCUT2D eigenvalue weighted by atomic mass is 32.2. The number of non-ortho nitro benzene ring substituents is 1. The van der Waals surface area contributed by atoms with E-state index in [-0.39, 0.29) is 33.3 Å². The number of methoxy groups -OCH3 is 1. The average Bonchev–Trinajstić information content (AvgIpc) is 2.92. The van der Waals surface area contributed by atoms with Gasteiger partial charge in [-0.1, -0.05) is 0 Å². The van der Waals surface area contributed by atoms with Crippen molar-refractivity contribution in [2.24, 2.45) is 0 Å². The third-order valence-corrected chi connectivity index (χ3v) is 6.88. The Hall–Kier alpha value is -4.85. The Morgan fingerprint density at radius 2 is 1.69 bits per heavy atom. The van der Waals surface area contributed by atoms with E-state index in [0.29, 0.717) is 24.7 Å². The number of benzene rings is 3. The molecule has 0 radical (unpaired) electrons. The summed E-state index contributed by atoms with van der Waals surface area (Å²) >= 11 is 0. The maximum absolute atomic E-state index is 12.8. The van der Waals surface area contributed by atoms with Crippen molar-refractivity contribution in [3.63, 3.8) is 0 Å². The van der Waals surface area contributed by atoms with E-state index in [1.165, 1.54) is 68.6 Å². The molecule has 0 aliphatic carbocycles. The van der Waals surface area contributed by atoms with Crippen LogP contribution in [0.4, 0.5) is 17.1 Å². The molecule has 3 aromatic carbocycles. The minimum atomic E-state index is -3.96. The molecule has 1 atom stereocenters. The van der Waals surface area contributed by atoms with Crippen LogP contribution < -0.4 is 24.2 Å². The fourth-order valence-corrected chi connectivity index (χ4v) is 4.58. The minimum absolute atomic E-state index is 0.0320. The lowest BCUT2D eigenvalue weighted by Crippen LogP contribution is -2.30. The second-order valence-electron chi connectivity index (χ2n) is 8.17. The highest BCUT2D eigenvalue weighted by molar-refractivity contribution is 7.92. The van der Waals surface area contributed by atoms with Gasteiger partial charge in [0.15, 0.2) is 17.6 Å². The second kappa shape index (κ2) is 11.3. The fraction of sp³-hybridized carbons (Fsp3) is 0.200. The third kappa shape index (κ3) is 6.35. The normalized spacial score (nSPS) is 13.1. The van der Waals surface area contributed by atoms with Gasteiger partial charge in [0.05, 0.1) is 28.2 Å². The van der Waals surface area contributed by atoms with Gasteiger partial charge in [-0.2, -0.15) is 0 Å². The smallest absolute Gasteiger partial charge is 0.338 e. The van der Waals surface area contributed by atoms with Crippen LogP contribution in [0.3, 0.4) is 0 Å². The molecule has 1 unspecified atom stereocenters. The number of sulfonamides is 1. The van der Waals surface area contributed by atoms with Crippen molar-refractivity contribution in [2.45, 2.75) is 17.9 Å². The molecule has 1 amide bonds. The van der Waals surface area contributed by atoms with E-state index in [1.54, 1.807) is 0 Å². The molecule has 0 fully saturated rings. The lowest BCUT2D eigenvalue weighted by atomic mass is 10.2. The summed E-state index contributed by atoms with van der Waals surface area (Å²) in [5.41, 5.74) is 0.0181. The van der Waals surface area contributed by atoms with Crippen molar-refractivity contribution in [3.8, 4) is 17.2 Å². The molecule has 0 saturated heterocycles. The summed E-state index contributed by atoms with van der Waals surface area (Å²) in [6, 6.07) is 13.3. The first-order valence-electron chi connectivity index (χ1n) is 11.4. The number of carbonyl (C=O) groups is 2. The van der Waals surface area contributed by atoms with Gasteiger partial charge in [0.1, 0.15) is 19.0 Å². The van der Waals surface area contributed by atoms with Crippen molar-refractivity contribution in [3.05, 3.63) is 76.3 Å². The molecule has 2 N–H and O–H groups in total. The Morgan fingerprint density at radius 3 is 2.36 bits per heavy atom. The average molecular weight is 558 g/mol. The monoisotopic (exact) mass is 557 g/mol. The highest BCUT2D eigenvalue weighted by Gasteiger charge is 2.23. The topological polar surface area (TPSA) is 172 Å². The Balaban J connectivity index is 1.38. The number of rotatable bonds is 9. The molecule has 1 aliphatic heterocycles. The Labute approximate surface area is 222 Å². The first-order chi connectivity index (χ1) is 18.6. The van der Waals surface area contributed by atoms with Crippen molar-refractivity contribution in [1.82, 2.24) is 0 Å². The molecule has 0 saturated carbocycles. The molecule has 13 nitrogen and oxygen atoms in total. The summed E-state index contributed by atoms with van der Waals surface area (Å²) in [4.78, 5) is 35.5. The summed E-state index contributed by atoms with van der Waals surface area (Å²) in [6.07, 6.45) is -1.27. The summed E-state index contributed by atoms with van der Waals surface area (Å²) in [5.74, 6) is -0.628. The molecule has 0 aromatic heterocycles. The van der Waals surface area contributed by atoms with Crippen LogP contribution in [0.2, 0.25) is 0 Å². The number of fused-ring (bicyclic) bond motifs is 1. The van der Waals surface area contributed by atoms with Gasteiger partial charge in [-0.15, -0.1) is 0 Å². The number of nitro groups is 1. The lowest BCUT2D eigenvalue weighted by molar-refractivity contribution is -0.384. The largest absolute Gasteiger partial charge is 0.495 e. The maximum Gasteiger partial charge on any atom is 0.338 e. The number of nitrogens with zero attached hydrogens (tertiary/aromatic N) is 1. The Bertz CT molecular complexity index is 1520.